The summed E-state index contributed by atoms with van der Waals surface area (Å²) in [6.07, 6.45) is 1.83. The first-order chi connectivity index (χ1) is 8.59. The van der Waals surface area contributed by atoms with Crippen LogP contribution in [0.5, 0.6) is 0 Å². The summed E-state index contributed by atoms with van der Waals surface area (Å²) in [6, 6.07) is 7.79. The summed E-state index contributed by atoms with van der Waals surface area (Å²) in [6.45, 7) is 2.37. The van der Waals surface area contributed by atoms with Crippen LogP contribution in [0.15, 0.2) is 29.3 Å². The van der Waals surface area contributed by atoms with Crippen molar-refractivity contribution >= 4 is 23.8 Å². The highest BCUT2D eigenvalue weighted by atomic mass is 16.2. The smallest absolute Gasteiger partial charge is 0.252 e. The van der Waals surface area contributed by atoms with Crippen LogP contribution in [0.3, 0.4) is 0 Å². The number of carbonyl (C=O) groups is 2. The predicted molar refractivity (Wildman–Crippen MR) is 66.3 cm³/mol. The topological polar surface area (TPSA) is 61.8 Å². The minimum Gasteiger partial charge on any atom is -0.343 e. The molecule has 0 aliphatic carbocycles. The Morgan fingerprint density at radius 1 is 1.33 bits per heavy atom. The number of benzene rings is 1. The summed E-state index contributed by atoms with van der Waals surface area (Å²) in [5, 5.41) is 2.35. The Morgan fingerprint density at radius 3 is 2.83 bits per heavy atom. The third-order valence-electron chi connectivity index (χ3n) is 3.55. The van der Waals surface area contributed by atoms with Crippen molar-refractivity contribution in [2.75, 3.05) is 0 Å². The van der Waals surface area contributed by atoms with E-state index in [4.69, 9.17) is 0 Å². The molecule has 1 aromatic carbocycles. The standard InChI is InChI=1S/C13H13N3O2/c1-13(6-11(17)15-12(13)18)16-7-9-4-2-3-5-10(9)14-8-16/h2-5,8H,6-7H2,1H3,(H,15,17,18). The zero-order valence-electron chi connectivity index (χ0n) is 10.0. The van der Waals surface area contributed by atoms with Crippen LogP contribution in [-0.4, -0.2) is 28.6 Å². The summed E-state index contributed by atoms with van der Waals surface area (Å²) in [5.74, 6) is -0.479. The summed E-state index contributed by atoms with van der Waals surface area (Å²) in [7, 11) is 0. The monoisotopic (exact) mass is 243 g/mol. The molecule has 0 saturated carbocycles. The number of hydrogen-bond acceptors (Lipinski definition) is 4. The molecule has 1 N–H and O–H groups in total. The van der Waals surface area contributed by atoms with Gasteiger partial charge in [0.05, 0.1) is 18.4 Å². The van der Waals surface area contributed by atoms with Gasteiger partial charge in [0, 0.05) is 6.54 Å². The maximum atomic E-state index is 11.9. The highest BCUT2D eigenvalue weighted by molar-refractivity contribution is 6.09. The number of fused-ring (bicyclic) bond motifs is 1. The lowest BCUT2D eigenvalue weighted by Crippen LogP contribution is -2.51. The molecule has 1 unspecified atom stereocenters. The molecule has 2 aliphatic rings. The minimum absolute atomic E-state index is 0.181. The number of amides is 2. The van der Waals surface area contributed by atoms with E-state index in [1.165, 1.54) is 0 Å². The SMILES string of the molecule is CC1(N2C=Nc3ccccc3C2)CC(=O)NC1=O. The Bertz CT molecular complexity index is 567. The summed E-state index contributed by atoms with van der Waals surface area (Å²) >= 11 is 0. The molecule has 1 fully saturated rings. The van der Waals surface area contributed by atoms with E-state index in [-0.39, 0.29) is 18.2 Å². The van der Waals surface area contributed by atoms with E-state index < -0.39 is 5.54 Å². The van der Waals surface area contributed by atoms with Gasteiger partial charge in [0.2, 0.25) is 5.91 Å². The second kappa shape index (κ2) is 3.66. The first-order valence-electron chi connectivity index (χ1n) is 5.83. The van der Waals surface area contributed by atoms with E-state index in [1.54, 1.807) is 13.3 Å². The number of rotatable bonds is 1. The molecular formula is C13H13N3O2. The molecule has 18 heavy (non-hydrogen) atoms. The molecule has 2 amide bonds. The fourth-order valence-electron chi connectivity index (χ4n) is 2.36. The third-order valence-corrected chi connectivity index (χ3v) is 3.55. The number of para-hydroxylation sites is 1. The number of nitrogens with zero attached hydrogens (tertiary/aromatic N) is 2. The van der Waals surface area contributed by atoms with Crippen molar-refractivity contribution < 1.29 is 9.59 Å². The maximum Gasteiger partial charge on any atom is 0.252 e. The quantitative estimate of drug-likeness (QED) is 0.747. The molecule has 1 aromatic rings. The van der Waals surface area contributed by atoms with Crippen molar-refractivity contribution in [2.45, 2.75) is 25.4 Å². The molecule has 2 heterocycles. The lowest BCUT2D eigenvalue weighted by Gasteiger charge is -2.36. The zero-order valence-corrected chi connectivity index (χ0v) is 10.0. The molecule has 1 atom stereocenters. The van der Waals surface area contributed by atoms with Crippen LogP contribution >= 0.6 is 0 Å². The molecule has 0 bridgehead atoms. The van der Waals surface area contributed by atoms with Gasteiger partial charge in [-0.2, -0.15) is 0 Å². The van der Waals surface area contributed by atoms with Crippen molar-refractivity contribution in [3.05, 3.63) is 29.8 Å². The lowest BCUT2D eigenvalue weighted by molar-refractivity contribution is -0.128. The first kappa shape index (κ1) is 11.0. The number of nitrogens with one attached hydrogen (secondary N) is 1. The van der Waals surface area contributed by atoms with Crippen molar-refractivity contribution in [2.24, 2.45) is 4.99 Å². The van der Waals surface area contributed by atoms with Gasteiger partial charge in [-0.1, -0.05) is 18.2 Å². The first-order valence-corrected chi connectivity index (χ1v) is 5.83. The van der Waals surface area contributed by atoms with E-state index in [0.717, 1.165) is 11.3 Å². The van der Waals surface area contributed by atoms with Crippen LogP contribution in [-0.2, 0) is 16.1 Å². The van der Waals surface area contributed by atoms with Gasteiger partial charge in [-0.25, -0.2) is 4.99 Å². The minimum atomic E-state index is -0.825. The van der Waals surface area contributed by atoms with Gasteiger partial charge in [0.1, 0.15) is 5.54 Å². The maximum absolute atomic E-state index is 11.9. The summed E-state index contributed by atoms with van der Waals surface area (Å²) in [4.78, 5) is 29.4. The van der Waals surface area contributed by atoms with Gasteiger partial charge in [0.25, 0.3) is 5.91 Å². The van der Waals surface area contributed by atoms with Gasteiger partial charge in [0.15, 0.2) is 0 Å². The van der Waals surface area contributed by atoms with Crippen LogP contribution in [0.25, 0.3) is 0 Å². The van der Waals surface area contributed by atoms with Crippen molar-refractivity contribution in [1.29, 1.82) is 0 Å². The molecule has 92 valence electrons. The molecule has 5 heteroatoms. The lowest BCUT2D eigenvalue weighted by atomic mass is 9.96. The highest BCUT2D eigenvalue weighted by Crippen LogP contribution is 2.31. The van der Waals surface area contributed by atoms with Gasteiger partial charge in [-0.15, -0.1) is 0 Å². The number of carbonyl (C=O) groups excluding carboxylic acids is 2. The van der Waals surface area contributed by atoms with E-state index in [1.807, 2.05) is 29.2 Å². The molecule has 0 aromatic heterocycles. The Labute approximate surface area is 105 Å². The largest absolute Gasteiger partial charge is 0.343 e. The Hall–Kier alpha value is -2.17. The van der Waals surface area contributed by atoms with E-state index in [0.29, 0.717) is 6.54 Å². The Morgan fingerprint density at radius 2 is 2.11 bits per heavy atom. The van der Waals surface area contributed by atoms with Crippen LogP contribution in [0.2, 0.25) is 0 Å². The predicted octanol–water partition coefficient (Wildman–Crippen LogP) is 0.967. The van der Waals surface area contributed by atoms with E-state index in [9.17, 15) is 9.59 Å². The number of imide groups is 1. The second-order valence-corrected chi connectivity index (χ2v) is 4.83. The fourth-order valence-corrected chi connectivity index (χ4v) is 2.36. The van der Waals surface area contributed by atoms with Gasteiger partial charge < -0.3 is 4.90 Å². The number of hydrogen-bond donors (Lipinski definition) is 1. The molecule has 2 aliphatic heterocycles. The number of aliphatic imine (C=N–C) groups is 1. The van der Waals surface area contributed by atoms with E-state index >= 15 is 0 Å². The Balaban J connectivity index is 1.93. The van der Waals surface area contributed by atoms with Gasteiger partial charge >= 0.3 is 0 Å². The zero-order chi connectivity index (χ0) is 12.8. The third kappa shape index (κ3) is 1.51. The molecular weight excluding hydrogens is 230 g/mol. The van der Waals surface area contributed by atoms with Crippen molar-refractivity contribution in [1.82, 2.24) is 10.2 Å². The van der Waals surface area contributed by atoms with Crippen LogP contribution in [0.4, 0.5) is 5.69 Å². The molecule has 3 rings (SSSR count). The molecule has 1 saturated heterocycles. The molecule has 0 spiro atoms. The Kier molecular flexibility index (Phi) is 2.23. The highest BCUT2D eigenvalue weighted by Gasteiger charge is 2.47. The molecule has 5 nitrogen and oxygen atoms in total. The van der Waals surface area contributed by atoms with Crippen molar-refractivity contribution in [3.8, 4) is 0 Å². The molecule has 0 radical (unpaired) electrons. The van der Waals surface area contributed by atoms with Gasteiger partial charge in [-0.3, -0.25) is 14.9 Å². The summed E-state index contributed by atoms with van der Waals surface area (Å²) < 4.78 is 0. The summed E-state index contributed by atoms with van der Waals surface area (Å²) in [5.41, 5.74) is 1.16. The fraction of sp³-hybridized carbons (Fsp3) is 0.308. The normalized spacial score (nSPS) is 26.2. The average Bonchev–Trinajstić information content (AvgIpc) is 2.63. The van der Waals surface area contributed by atoms with Gasteiger partial charge in [-0.05, 0) is 18.6 Å². The van der Waals surface area contributed by atoms with Crippen LogP contribution in [0.1, 0.15) is 18.9 Å². The van der Waals surface area contributed by atoms with E-state index in [2.05, 4.69) is 10.3 Å². The second-order valence-electron chi connectivity index (χ2n) is 4.83. The average molecular weight is 243 g/mol. The van der Waals surface area contributed by atoms with Crippen LogP contribution < -0.4 is 5.32 Å². The van der Waals surface area contributed by atoms with Crippen LogP contribution in [0, 0.1) is 0 Å². The van der Waals surface area contributed by atoms with Crippen molar-refractivity contribution in [3.63, 3.8) is 0 Å².